The van der Waals surface area contributed by atoms with Crippen LogP contribution in [0.3, 0.4) is 0 Å². The molecule has 1 aliphatic heterocycles. The lowest BCUT2D eigenvalue weighted by Crippen LogP contribution is -2.32. The van der Waals surface area contributed by atoms with Crippen molar-refractivity contribution in [3.8, 4) is 11.6 Å². The van der Waals surface area contributed by atoms with Crippen LogP contribution in [0, 0.1) is 0 Å². The molecule has 0 aliphatic carbocycles. The van der Waals surface area contributed by atoms with Crippen LogP contribution in [0.2, 0.25) is 0 Å². The summed E-state index contributed by atoms with van der Waals surface area (Å²) in [6, 6.07) is 9.59. The molecule has 1 amide bonds. The molecular formula is C22H25N5O4S. The second kappa shape index (κ2) is 9.49. The molecule has 1 saturated heterocycles. The number of pyridine rings is 1. The van der Waals surface area contributed by atoms with E-state index in [-0.39, 0.29) is 16.2 Å². The molecule has 0 radical (unpaired) electrons. The van der Waals surface area contributed by atoms with E-state index >= 15 is 0 Å². The van der Waals surface area contributed by atoms with Crippen molar-refractivity contribution < 1.29 is 17.9 Å². The first-order chi connectivity index (χ1) is 15.5. The molecule has 4 rings (SSSR count). The number of carbonyl (C=O) groups excluding carboxylic acids is 1. The Morgan fingerprint density at radius 2 is 1.84 bits per heavy atom. The van der Waals surface area contributed by atoms with Gasteiger partial charge in [0.25, 0.3) is 5.91 Å². The molecule has 3 aromatic rings. The minimum atomic E-state index is -3.80. The van der Waals surface area contributed by atoms with E-state index in [1.165, 1.54) is 23.5 Å². The van der Waals surface area contributed by atoms with E-state index in [0.29, 0.717) is 24.6 Å². The van der Waals surface area contributed by atoms with E-state index in [9.17, 15) is 13.2 Å². The second-order valence-corrected chi connectivity index (χ2v) is 9.37. The zero-order valence-corrected chi connectivity index (χ0v) is 18.6. The normalized spacial score (nSPS) is 15.2. The molecule has 2 aromatic heterocycles. The van der Waals surface area contributed by atoms with Gasteiger partial charge in [-0.1, -0.05) is 12.8 Å². The lowest BCUT2D eigenvalue weighted by atomic mass is 10.2. The lowest BCUT2D eigenvalue weighted by molar-refractivity contribution is 0.102. The highest BCUT2D eigenvalue weighted by atomic mass is 32.2. The maximum absolute atomic E-state index is 13.4. The molecular weight excluding hydrogens is 430 g/mol. The number of sulfonamides is 1. The molecule has 0 spiro atoms. The summed E-state index contributed by atoms with van der Waals surface area (Å²) in [5.74, 6) is 0.211. The van der Waals surface area contributed by atoms with E-state index in [1.807, 2.05) is 0 Å². The number of aromatic nitrogens is 3. The summed E-state index contributed by atoms with van der Waals surface area (Å²) in [4.78, 5) is 17.3. The average molecular weight is 456 g/mol. The molecule has 0 saturated carbocycles. The lowest BCUT2D eigenvalue weighted by Gasteiger charge is -2.21. The topological polar surface area (TPSA) is 106 Å². The average Bonchev–Trinajstić information content (AvgIpc) is 3.20. The van der Waals surface area contributed by atoms with Gasteiger partial charge in [0, 0.05) is 37.2 Å². The maximum Gasteiger partial charge on any atom is 0.255 e. The molecule has 1 N–H and O–H groups in total. The summed E-state index contributed by atoms with van der Waals surface area (Å²) in [5.41, 5.74) is 0.656. The maximum atomic E-state index is 13.4. The van der Waals surface area contributed by atoms with Gasteiger partial charge < -0.3 is 10.1 Å². The molecule has 10 heteroatoms. The number of hydrogen-bond donors (Lipinski definition) is 1. The molecule has 0 atom stereocenters. The largest absolute Gasteiger partial charge is 0.495 e. The summed E-state index contributed by atoms with van der Waals surface area (Å²) >= 11 is 0. The Balaban J connectivity index is 1.65. The van der Waals surface area contributed by atoms with Crippen molar-refractivity contribution in [2.24, 2.45) is 0 Å². The summed E-state index contributed by atoms with van der Waals surface area (Å²) in [7, 11) is -2.38. The van der Waals surface area contributed by atoms with Gasteiger partial charge in [-0.15, -0.1) is 0 Å². The van der Waals surface area contributed by atoms with Gasteiger partial charge in [0.1, 0.15) is 10.6 Å². The third kappa shape index (κ3) is 4.51. The first kappa shape index (κ1) is 22.0. The van der Waals surface area contributed by atoms with E-state index in [2.05, 4.69) is 15.4 Å². The summed E-state index contributed by atoms with van der Waals surface area (Å²) in [6.07, 6.45) is 8.59. The number of rotatable bonds is 6. The molecule has 0 unspecified atom stereocenters. The zero-order chi connectivity index (χ0) is 22.6. The highest BCUT2D eigenvalue weighted by molar-refractivity contribution is 7.89. The number of anilines is 1. The number of amides is 1. The van der Waals surface area contributed by atoms with E-state index in [4.69, 9.17) is 4.74 Å². The second-order valence-electron chi connectivity index (χ2n) is 7.46. The SMILES string of the molecule is COc1ccc(C(=O)Nc2cccnc2-n2cccn2)cc1S(=O)(=O)N1CCCCCC1. The first-order valence-corrected chi connectivity index (χ1v) is 11.9. The predicted octanol–water partition coefficient (Wildman–Crippen LogP) is 3.09. The van der Waals surface area contributed by atoms with Crippen molar-refractivity contribution in [3.63, 3.8) is 0 Å². The van der Waals surface area contributed by atoms with Crippen LogP contribution in [-0.2, 0) is 10.0 Å². The van der Waals surface area contributed by atoms with Gasteiger partial charge in [0.15, 0.2) is 5.82 Å². The number of ether oxygens (including phenoxy) is 1. The highest BCUT2D eigenvalue weighted by Gasteiger charge is 2.29. The van der Waals surface area contributed by atoms with Crippen molar-refractivity contribution in [2.75, 3.05) is 25.5 Å². The van der Waals surface area contributed by atoms with E-state index in [0.717, 1.165) is 25.7 Å². The summed E-state index contributed by atoms with van der Waals surface area (Å²) in [6.45, 7) is 0.926. The van der Waals surface area contributed by atoms with Gasteiger partial charge in [-0.2, -0.15) is 9.40 Å². The van der Waals surface area contributed by atoms with Crippen LogP contribution in [0.4, 0.5) is 5.69 Å². The van der Waals surface area contributed by atoms with Gasteiger partial charge in [0.05, 0.1) is 12.8 Å². The fourth-order valence-electron chi connectivity index (χ4n) is 3.71. The number of methoxy groups -OCH3 is 1. The van der Waals surface area contributed by atoms with Crippen molar-refractivity contribution >= 4 is 21.6 Å². The third-order valence-electron chi connectivity index (χ3n) is 5.36. The van der Waals surface area contributed by atoms with Crippen molar-refractivity contribution in [2.45, 2.75) is 30.6 Å². The minimum absolute atomic E-state index is 0.00645. The van der Waals surface area contributed by atoms with Crippen molar-refractivity contribution in [1.82, 2.24) is 19.1 Å². The number of hydrogen-bond acceptors (Lipinski definition) is 6. The molecule has 3 heterocycles. The number of carbonyl (C=O) groups is 1. The smallest absolute Gasteiger partial charge is 0.255 e. The summed E-state index contributed by atoms with van der Waals surface area (Å²) < 4.78 is 35.0. The Hall–Kier alpha value is -3.24. The predicted molar refractivity (Wildman–Crippen MR) is 120 cm³/mol. The quantitative estimate of drug-likeness (QED) is 0.612. The first-order valence-electron chi connectivity index (χ1n) is 10.5. The standard InChI is InChI=1S/C22H25N5O4S/c1-31-19-10-9-17(16-20(19)32(29,30)26-13-4-2-3-5-14-26)22(28)25-18-8-6-11-23-21(18)27-15-7-12-24-27/h6-12,15-16H,2-5,13-14H2,1H3,(H,25,28). The van der Waals surface area contributed by atoms with Crippen LogP contribution < -0.4 is 10.1 Å². The van der Waals surface area contributed by atoms with Crippen LogP contribution in [0.1, 0.15) is 36.0 Å². The third-order valence-corrected chi connectivity index (χ3v) is 7.28. The number of nitrogens with zero attached hydrogens (tertiary/aromatic N) is 4. The minimum Gasteiger partial charge on any atom is -0.495 e. The van der Waals surface area contributed by atoms with Crippen molar-refractivity contribution in [1.29, 1.82) is 0 Å². The van der Waals surface area contributed by atoms with Crippen LogP contribution >= 0.6 is 0 Å². The van der Waals surface area contributed by atoms with Gasteiger partial charge in [-0.05, 0) is 49.2 Å². The van der Waals surface area contributed by atoms with Gasteiger partial charge >= 0.3 is 0 Å². The monoisotopic (exact) mass is 455 g/mol. The van der Waals surface area contributed by atoms with Crippen LogP contribution in [0.5, 0.6) is 5.75 Å². The Bertz CT molecular complexity index is 1190. The Kier molecular flexibility index (Phi) is 6.52. The zero-order valence-electron chi connectivity index (χ0n) is 17.8. The van der Waals surface area contributed by atoms with Gasteiger partial charge in [-0.3, -0.25) is 4.79 Å². The number of nitrogens with one attached hydrogen (secondary N) is 1. The van der Waals surface area contributed by atoms with E-state index in [1.54, 1.807) is 47.5 Å². The molecule has 0 bridgehead atoms. The van der Waals surface area contributed by atoms with Crippen molar-refractivity contribution in [3.05, 3.63) is 60.6 Å². The molecule has 1 aromatic carbocycles. The molecule has 1 fully saturated rings. The fraction of sp³-hybridized carbons (Fsp3) is 0.318. The Morgan fingerprint density at radius 3 is 2.53 bits per heavy atom. The van der Waals surface area contributed by atoms with Gasteiger partial charge in [0.2, 0.25) is 10.0 Å². The number of benzene rings is 1. The molecule has 168 valence electrons. The molecule has 1 aliphatic rings. The van der Waals surface area contributed by atoms with Crippen LogP contribution in [0.25, 0.3) is 5.82 Å². The van der Waals surface area contributed by atoms with Crippen LogP contribution in [-0.4, -0.2) is 53.6 Å². The van der Waals surface area contributed by atoms with Gasteiger partial charge in [-0.25, -0.2) is 18.1 Å². The van der Waals surface area contributed by atoms with Crippen LogP contribution in [0.15, 0.2) is 59.9 Å². The Morgan fingerprint density at radius 1 is 1.06 bits per heavy atom. The Labute approximate surface area is 187 Å². The molecule has 9 nitrogen and oxygen atoms in total. The van der Waals surface area contributed by atoms with E-state index < -0.39 is 15.9 Å². The summed E-state index contributed by atoms with van der Waals surface area (Å²) in [5, 5.41) is 6.97. The fourth-order valence-corrected chi connectivity index (χ4v) is 5.40. The highest BCUT2D eigenvalue weighted by Crippen LogP contribution is 2.30. The molecule has 32 heavy (non-hydrogen) atoms.